The Balaban J connectivity index is 2.57. The van der Waals surface area contributed by atoms with Crippen molar-refractivity contribution in [3.05, 3.63) is 65.2 Å². The molecule has 1 N–H and O–H groups in total. The zero-order valence-electron chi connectivity index (χ0n) is 10.6. The highest BCUT2D eigenvalue weighted by Crippen LogP contribution is 2.36. The molecule has 20 heavy (non-hydrogen) atoms. The topological polar surface area (TPSA) is 24.9 Å². The zero-order chi connectivity index (χ0) is 14.8. The van der Waals surface area contributed by atoms with Gasteiger partial charge in [-0.3, -0.25) is 4.98 Å². The molecule has 0 bridgehead atoms. The minimum Gasteiger partial charge on any atom is -0.308 e. The van der Waals surface area contributed by atoms with Crippen molar-refractivity contribution in [3.8, 4) is 0 Å². The maximum atomic E-state index is 13.8. The van der Waals surface area contributed by atoms with E-state index >= 15 is 0 Å². The van der Waals surface area contributed by atoms with Gasteiger partial charge in [-0.15, -0.1) is 0 Å². The van der Waals surface area contributed by atoms with Crippen molar-refractivity contribution in [3.63, 3.8) is 0 Å². The molecule has 2 rings (SSSR count). The summed E-state index contributed by atoms with van der Waals surface area (Å²) in [6.45, 7) is 0. The highest BCUT2D eigenvalue weighted by atomic mass is 19.4. The molecule has 0 fully saturated rings. The summed E-state index contributed by atoms with van der Waals surface area (Å²) >= 11 is 0. The summed E-state index contributed by atoms with van der Waals surface area (Å²) in [5, 5.41) is 2.69. The lowest BCUT2D eigenvalue weighted by Gasteiger charge is -2.21. The third-order valence-corrected chi connectivity index (χ3v) is 2.93. The number of aromatic nitrogens is 1. The Hall–Kier alpha value is -1.95. The van der Waals surface area contributed by atoms with Gasteiger partial charge in [0.05, 0.1) is 17.3 Å². The quantitative estimate of drug-likeness (QED) is 0.872. The fraction of sp³-hybridized carbons (Fsp3) is 0.214. The van der Waals surface area contributed by atoms with Crippen LogP contribution in [0.1, 0.15) is 22.9 Å². The summed E-state index contributed by atoms with van der Waals surface area (Å²) in [4.78, 5) is 3.84. The number of rotatable bonds is 3. The summed E-state index contributed by atoms with van der Waals surface area (Å²) in [6, 6.07) is 6.67. The SMILES string of the molecule is CNC(c1ccccc1C(F)(F)F)c1ncccc1F. The molecule has 1 heterocycles. The lowest BCUT2D eigenvalue weighted by molar-refractivity contribution is -0.138. The van der Waals surface area contributed by atoms with E-state index in [1.54, 1.807) is 0 Å². The summed E-state index contributed by atoms with van der Waals surface area (Å²) < 4.78 is 52.8. The number of nitrogens with one attached hydrogen (secondary N) is 1. The van der Waals surface area contributed by atoms with E-state index in [1.807, 2.05) is 0 Å². The maximum Gasteiger partial charge on any atom is 0.416 e. The Bertz CT molecular complexity index is 596. The van der Waals surface area contributed by atoms with Gasteiger partial charge in [0.2, 0.25) is 0 Å². The molecule has 0 aliphatic rings. The molecule has 0 aliphatic heterocycles. The molecule has 1 unspecified atom stereocenters. The van der Waals surface area contributed by atoms with Crippen LogP contribution < -0.4 is 5.32 Å². The van der Waals surface area contributed by atoms with Crippen molar-refractivity contribution in [2.24, 2.45) is 0 Å². The van der Waals surface area contributed by atoms with E-state index in [4.69, 9.17) is 0 Å². The predicted octanol–water partition coefficient (Wildman–Crippen LogP) is 3.55. The van der Waals surface area contributed by atoms with Crippen LogP contribution in [0.4, 0.5) is 17.6 Å². The van der Waals surface area contributed by atoms with Gasteiger partial charge in [0, 0.05) is 6.20 Å². The summed E-state index contributed by atoms with van der Waals surface area (Å²) in [7, 11) is 1.46. The highest BCUT2D eigenvalue weighted by Gasteiger charge is 2.35. The molecule has 1 aromatic carbocycles. The predicted molar refractivity (Wildman–Crippen MR) is 66.5 cm³/mol. The smallest absolute Gasteiger partial charge is 0.308 e. The number of hydrogen-bond acceptors (Lipinski definition) is 2. The van der Waals surface area contributed by atoms with Crippen molar-refractivity contribution in [2.45, 2.75) is 12.2 Å². The molecule has 0 saturated heterocycles. The Morgan fingerprint density at radius 1 is 1.10 bits per heavy atom. The lowest BCUT2D eigenvalue weighted by Crippen LogP contribution is -2.23. The van der Waals surface area contributed by atoms with Gasteiger partial charge in [0.25, 0.3) is 0 Å². The molecule has 2 aromatic rings. The fourth-order valence-electron chi connectivity index (χ4n) is 2.06. The average molecular weight is 284 g/mol. The first-order valence-corrected chi connectivity index (χ1v) is 5.89. The van der Waals surface area contributed by atoms with E-state index in [1.165, 1.54) is 43.6 Å². The molecule has 1 aromatic heterocycles. The number of hydrogen-bond donors (Lipinski definition) is 1. The van der Waals surface area contributed by atoms with Crippen LogP contribution in [0, 0.1) is 5.82 Å². The van der Waals surface area contributed by atoms with Gasteiger partial charge in [-0.2, -0.15) is 13.2 Å². The van der Waals surface area contributed by atoms with Crippen molar-refractivity contribution in [1.29, 1.82) is 0 Å². The zero-order valence-corrected chi connectivity index (χ0v) is 10.6. The first-order valence-electron chi connectivity index (χ1n) is 5.89. The summed E-state index contributed by atoms with van der Waals surface area (Å²) in [5.41, 5.74) is -0.920. The molecule has 0 amide bonds. The van der Waals surface area contributed by atoms with Crippen LogP contribution >= 0.6 is 0 Å². The largest absolute Gasteiger partial charge is 0.416 e. The third-order valence-electron chi connectivity index (χ3n) is 2.93. The van der Waals surface area contributed by atoms with Crippen LogP contribution in [0.2, 0.25) is 0 Å². The van der Waals surface area contributed by atoms with E-state index < -0.39 is 23.6 Å². The van der Waals surface area contributed by atoms with Crippen LogP contribution in [-0.2, 0) is 6.18 Å². The number of pyridine rings is 1. The normalized spacial score (nSPS) is 13.2. The number of halogens is 4. The van der Waals surface area contributed by atoms with Gasteiger partial charge in [-0.1, -0.05) is 18.2 Å². The molecular formula is C14H12F4N2. The van der Waals surface area contributed by atoms with Crippen molar-refractivity contribution >= 4 is 0 Å². The lowest BCUT2D eigenvalue weighted by atomic mass is 9.97. The molecule has 6 heteroatoms. The van der Waals surface area contributed by atoms with Gasteiger partial charge >= 0.3 is 6.18 Å². The highest BCUT2D eigenvalue weighted by molar-refractivity contribution is 5.37. The second kappa shape index (κ2) is 5.58. The Morgan fingerprint density at radius 3 is 2.40 bits per heavy atom. The molecule has 2 nitrogen and oxygen atoms in total. The van der Waals surface area contributed by atoms with Crippen molar-refractivity contribution in [2.75, 3.05) is 7.05 Å². The average Bonchev–Trinajstić information content (AvgIpc) is 2.41. The van der Waals surface area contributed by atoms with Crippen LogP contribution in [0.5, 0.6) is 0 Å². The van der Waals surface area contributed by atoms with E-state index in [0.717, 1.165) is 6.07 Å². The van der Waals surface area contributed by atoms with E-state index in [2.05, 4.69) is 10.3 Å². The maximum absolute atomic E-state index is 13.8. The van der Waals surface area contributed by atoms with Crippen LogP contribution in [0.15, 0.2) is 42.6 Å². The van der Waals surface area contributed by atoms with Crippen molar-refractivity contribution in [1.82, 2.24) is 10.3 Å². The molecule has 106 valence electrons. The van der Waals surface area contributed by atoms with Gasteiger partial charge < -0.3 is 5.32 Å². The van der Waals surface area contributed by atoms with Crippen LogP contribution in [0.25, 0.3) is 0 Å². The third kappa shape index (κ3) is 2.80. The van der Waals surface area contributed by atoms with Crippen molar-refractivity contribution < 1.29 is 17.6 Å². The molecule has 0 saturated carbocycles. The van der Waals surface area contributed by atoms with E-state index in [-0.39, 0.29) is 11.3 Å². The fourth-order valence-corrected chi connectivity index (χ4v) is 2.06. The Morgan fingerprint density at radius 2 is 1.80 bits per heavy atom. The van der Waals surface area contributed by atoms with Crippen LogP contribution in [-0.4, -0.2) is 12.0 Å². The molecule has 0 aliphatic carbocycles. The van der Waals surface area contributed by atoms with E-state index in [0.29, 0.717) is 0 Å². The van der Waals surface area contributed by atoms with Gasteiger partial charge in [0.15, 0.2) is 0 Å². The second-order valence-corrected chi connectivity index (χ2v) is 4.18. The Labute approximate surface area is 113 Å². The van der Waals surface area contributed by atoms with Gasteiger partial charge in [-0.25, -0.2) is 4.39 Å². The first-order chi connectivity index (χ1) is 9.45. The van der Waals surface area contributed by atoms with E-state index in [9.17, 15) is 17.6 Å². The monoisotopic (exact) mass is 284 g/mol. The Kier molecular flexibility index (Phi) is 4.04. The molecule has 1 atom stereocenters. The standard InChI is InChI=1S/C14H12F4N2/c1-19-12(13-11(15)7-4-8-20-13)9-5-2-3-6-10(9)14(16,17)18/h2-8,12,19H,1H3. The van der Waals surface area contributed by atoms with Gasteiger partial charge in [0.1, 0.15) is 5.82 Å². The second-order valence-electron chi connectivity index (χ2n) is 4.18. The summed E-state index contributed by atoms with van der Waals surface area (Å²) in [5.74, 6) is -0.649. The number of nitrogens with zero attached hydrogens (tertiary/aromatic N) is 1. The van der Waals surface area contributed by atoms with Crippen LogP contribution in [0.3, 0.4) is 0 Å². The van der Waals surface area contributed by atoms with Gasteiger partial charge in [-0.05, 0) is 30.8 Å². The number of benzene rings is 1. The molecule has 0 radical (unpaired) electrons. The minimum atomic E-state index is -4.50. The first kappa shape index (κ1) is 14.5. The summed E-state index contributed by atoms with van der Waals surface area (Å²) in [6.07, 6.45) is -3.16. The molecular weight excluding hydrogens is 272 g/mol. The number of alkyl halides is 3. The molecule has 0 spiro atoms. The minimum absolute atomic E-state index is 0.0555.